The lowest BCUT2D eigenvalue weighted by Gasteiger charge is -2.40. The zero-order valence-electron chi connectivity index (χ0n) is 16.5. The first-order chi connectivity index (χ1) is 11.5. The quantitative estimate of drug-likeness (QED) is 0.488. The van der Waals surface area contributed by atoms with Gasteiger partial charge in [-0.25, -0.2) is 0 Å². The Hall–Kier alpha value is -0.610. The summed E-state index contributed by atoms with van der Waals surface area (Å²) >= 11 is 0. The van der Waals surface area contributed by atoms with E-state index in [1.54, 1.807) is 0 Å². The van der Waals surface area contributed by atoms with Crippen LogP contribution in [0.1, 0.15) is 72.6 Å². The monoisotopic (exact) mass is 340 g/mol. The van der Waals surface area contributed by atoms with E-state index < -0.39 is 0 Å². The molecular weight excluding hydrogens is 300 g/mol. The average molecular weight is 341 g/mol. The summed E-state index contributed by atoms with van der Waals surface area (Å²) in [5.41, 5.74) is 0. The maximum atomic E-state index is 11.9. The molecule has 1 saturated heterocycles. The largest absolute Gasteiger partial charge is 0.379 e. The number of nitrogens with zero attached hydrogens (tertiary/aromatic N) is 1. The maximum absolute atomic E-state index is 11.9. The van der Waals surface area contributed by atoms with Gasteiger partial charge in [-0.1, -0.05) is 39.5 Å². The molecule has 1 aliphatic rings. The van der Waals surface area contributed by atoms with Crippen LogP contribution >= 0.6 is 0 Å². The molecule has 1 heterocycles. The lowest BCUT2D eigenvalue weighted by atomic mass is 9.95. The molecule has 0 radical (unpaired) electrons. The van der Waals surface area contributed by atoms with E-state index >= 15 is 0 Å². The summed E-state index contributed by atoms with van der Waals surface area (Å²) in [4.78, 5) is 14.3. The highest BCUT2D eigenvalue weighted by molar-refractivity contribution is 5.76. The van der Waals surface area contributed by atoms with Crippen molar-refractivity contribution < 1.29 is 9.53 Å². The van der Waals surface area contributed by atoms with Gasteiger partial charge in [0.25, 0.3) is 0 Å². The van der Waals surface area contributed by atoms with Crippen LogP contribution in [-0.4, -0.2) is 49.7 Å². The average Bonchev–Trinajstić information content (AvgIpc) is 2.46. The molecule has 1 N–H and O–H groups in total. The molecule has 0 aromatic carbocycles. The van der Waals surface area contributed by atoms with E-state index in [4.69, 9.17) is 4.74 Å². The molecule has 24 heavy (non-hydrogen) atoms. The van der Waals surface area contributed by atoms with Crippen molar-refractivity contribution in [1.82, 2.24) is 10.2 Å². The van der Waals surface area contributed by atoms with Gasteiger partial charge in [-0.15, -0.1) is 0 Å². The van der Waals surface area contributed by atoms with E-state index in [1.165, 1.54) is 38.6 Å². The van der Waals surface area contributed by atoms with Gasteiger partial charge in [0.1, 0.15) is 0 Å². The fourth-order valence-corrected chi connectivity index (χ4v) is 3.29. The van der Waals surface area contributed by atoms with Crippen LogP contribution < -0.4 is 5.32 Å². The highest BCUT2D eigenvalue weighted by atomic mass is 16.5. The molecular formula is C20H40N2O2. The number of nitrogens with one attached hydrogen (secondary N) is 1. The Balaban J connectivity index is 1.82. The van der Waals surface area contributed by atoms with Crippen LogP contribution in [0.15, 0.2) is 0 Å². The topological polar surface area (TPSA) is 41.6 Å². The van der Waals surface area contributed by atoms with Gasteiger partial charge in [0.05, 0.1) is 6.10 Å². The van der Waals surface area contributed by atoms with Gasteiger partial charge in [0.15, 0.2) is 0 Å². The molecule has 1 amide bonds. The smallest absolute Gasteiger partial charge is 0.220 e. The Bertz CT molecular complexity index is 326. The van der Waals surface area contributed by atoms with Gasteiger partial charge in [0.2, 0.25) is 5.91 Å². The van der Waals surface area contributed by atoms with Gasteiger partial charge in [-0.05, 0) is 38.5 Å². The molecule has 1 rings (SSSR count). The Labute approximate surface area is 149 Å². The summed E-state index contributed by atoms with van der Waals surface area (Å²) in [6.07, 6.45) is 8.37. The minimum Gasteiger partial charge on any atom is -0.379 e. The Morgan fingerprint density at radius 3 is 2.29 bits per heavy atom. The first-order valence-electron chi connectivity index (χ1n) is 10.1. The van der Waals surface area contributed by atoms with E-state index in [0.717, 1.165) is 38.6 Å². The number of hydrogen-bond donors (Lipinski definition) is 1. The third-order valence-corrected chi connectivity index (χ3v) is 4.47. The zero-order valence-corrected chi connectivity index (χ0v) is 16.5. The number of hydrogen-bond acceptors (Lipinski definition) is 3. The van der Waals surface area contributed by atoms with Crippen LogP contribution in [0.2, 0.25) is 0 Å². The molecule has 0 atom stereocenters. The van der Waals surface area contributed by atoms with Gasteiger partial charge in [-0.3, -0.25) is 4.79 Å². The van der Waals surface area contributed by atoms with Crippen LogP contribution in [0.25, 0.3) is 0 Å². The third-order valence-electron chi connectivity index (χ3n) is 4.47. The first kappa shape index (κ1) is 21.4. The van der Waals surface area contributed by atoms with Crippen LogP contribution in [0.5, 0.6) is 0 Å². The van der Waals surface area contributed by atoms with Crippen molar-refractivity contribution in [2.45, 2.75) is 78.7 Å². The molecule has 0 aromatic rings. The third kappa shape index (κ3) is 11.0. The van der Waals surface area contributed by atoms with Crippen molar-refractivity contribution in [2.24, 2.45) is 11.8 Å². The minimum absolute atomic E-state index is 0.245. The van der Waals surface area contributed by atoms with Crippen LogP contribution in [0.4, 0.5) is 0 Å². The summed E-state index contributed by atoms with van der Waals surface area (Å²) in [5, 5.41) is 3.08. The molecule has 142 valence electrons. The lowest BCUT2D eigenvalue weighted by Crippen LogP contribution is -2.49. The second kappa shape index (κ2) is 12.7. The van der Waals surface area contributed by atoms with E-state index in [1.807, 2.05) is 0 Å². The Morgan fingerprint density at radius 1 is 1.04 bits per heavy atom. The summed E-state index contributed by atoms with van der Waals surface area (Å²) < 4.78 is 5.53. The molecule has 0 aliphatic carbocycles. The van der Waals surface area contributed by atoms with Gasteiger partial charge in [0, 0.05) is 39.2 Å². The fraction of sp³-hybridized carbons (Fsp3) is 0.950. The normalized spacial score (nSPS) is 15.9. The van der Waals surface area contributed by atoms with Crippen LogP contribution in [-0.2, 0) is 9.53 Å². The summed E-state index contributed by atoms with van der Waals surface area (Å²) in [5.74, 6) is 1.55. The first-order valence-corrected chi connectivity index (χ1v) is 10.1. The van der Waals surface area contributed by atoms with Crippen molar-refractivity contribution in [3.63, 3.8) is 0 Å². The summed E-state index contributed by atoms with van der Waals surface area (Å²) in [6, 6.07) is 0. The number of unbranched alkanes of at least 4 members (excludes halogenated alkanes) is 5. The Morgan fingerprint density at radius 2 is 1.67 bits per heavy atom. The molecule has 0 spiro atoms. The Kier molecular flexibility index (Phi) is 11.4. The zero-order chi connectivity index (χ0) is 17.8. The van der Waals surface area contributed by atoms with Crippen molar-refractivity contribution >= 4 is 5.91 Å². The van der Waals surface area contributed by atoms with Crippen molar-refractivity contribution in [1.29, 1.82) is 0 Å². The van der Waals surface area contributed by atoms with Gasteiger partial charge in [-0.2, -0.15) is 0 Å². The van der Waals surface area contributed by atoms with Crippen molar-refractivity contribution in [2.75, 3.05) is 32.8 Å². The second-order valence-electron chi connectivity index (χ2n) is 8.07. The van der Waals surface area contributed by atoms with Gasteiger partial charge >= 0.3 is 0 Å². The van der Waals surface area contributed by atoms with Crippen molar-refractivity contribution in [3.8, 4) is 0 Å². The number of amides is 1. The number of carbonyl (C=O) groups is 1. The number of rotatable bonds is 14. The molecule has 0 saturated carbocycles. The molecule has 0 bridgehead atoms. The highest BCUT2D eigenvalue weighted by Gasteiger charge is 2.28. The predicted molar refractivity (Wildman–Crippen MR) is 101 cm³/mol. The number of carbonyl (C=O) groups excluding carboxylic acids is 1. The van der Waals surface area contributed by atoms with E-state index in [-0.39, 0.29) is 5.91 Å². The molecule has 1 fully saturated rings. The molecule has 4 nitrogen and oxygen atoms in total. The molecule has 4 heteroatoms. The highest BCUT2D eigenvalue weighted by Crippen LogP contribution is 2.19. The van der Waals surface area contributed by atoms with E-state index in [0.29, 0.717) is 18.4 Å². The number of likely N-dealkylation sites (tertiary alicyclic amines) is 1. The van der Waals surface area contributed by atoms with Crippen LogP contribution in [0, 0.1) is 11.8 Å². The predicted octanol–water partition coefficient (Wildman–Crippen LogP) is 3.85. The molecule has 1 aliphatic heterocycles. The summed E-state index contributed by atoms with van der Waals surface area (Å²) in [7, 11) is 0. The number of ether oxygens (including phenoxy) is 1. The maximum Gasteiger partial charge on any atom is 0.220 e. The second-order valence-corrected chi connectivity index (χ2v) is 8.07. The van der Waals surface area contributed by atoms with E-state index in [2.05, 4.69) is 37.9 Å². The van der Waals surface area contributed by atoms with Crippen molar-refractivity contribution in [3.05, 3.63) is 0 Å². The SMILES string of the molecule is CC(C)CN1CC(CC(=O)NCCCCCCCCOC(C)C)C1. The fourth-order valence-electron chi connectivity index (χ4n) is 3.29. The lowest BCUT2D eigenvalue weighted by molar-refractivity contribution is -0.123. The van der Waals surface area contributed by atoms with Gasteiger partial charge < -0.3 is 15.0 Å². The summed E-state index contributed by atoms with van der Waals surface area (Å²) in [6.45, 7) is 13.8. The minimum atomic E-state index is 0.245. The molecule has 0 unspecified atom stereocenters. The standard InChI is InChI=1S/C20H40N2O2/c1-17(2)14-22-15-19(16-22)13-20(23)21-11-9-7-5-6-8-10-12-24-18(3)4/h17-19H,5-16H2,1-4H3,(H,21,23). The molecule has 0 aromatic heterocycles. The van der Waals surface area contributed by atoms with E-state index in [9.17, 15) is 4.79 Å². The van der Waals surface area contributed by atoms with Crippen LogP contribution in [0.3, 0.4) is 0 Å².